The minimum Gasteiger partial charge on any atom is -0.379 e. The zero-order chi connectivity index (χ0) is 17.5. The van der Waals surface area contributed by atoms with Gasteiger partial charge in [-0.15, -0.1) is 0 Å². The molecule has 4 N–H and O–H groups in total. The van der Waals surface area contributed by atoms with Crippen molar-refractivity contribution < 1.29 is 13.0 Å². The predicted octanol–water partition coefficient (Wildman–Crippen LogP) is 3.76. The van der Waals surface area contributed by atoms with Gasteiger partial charge in [0.2, 0.25) is 0 Å². The lowest BCUT2D eigenvalue weighted by molar-refractivity contribution is 0.490. The lowest BCUT2D eigenvalue weighted by Gasteiger charge is -2.24. The molecule has 0 spiro atoms. The molecule has 0 aromatic heterocycles. The lowest BCUT2D eigenvalue weighted by atomic mass is 9.85. The van der Waals surface area contributed by atoms with Crippen LogP contribution in [0.4, 0.5) is 0 Å². The maximum Gasteiger partial charge on any atom is 0.261 e. The van der Waals surface area contributed by atoms with Crippen LogP contribution < -0.4 is 5.73 Å². The summed E-state index contributed by atoms with van der Waals surface area (Å²) >= 11 is 4.97. The molecule has 1 aliphatic rings. The number of allylic oxidation sites excluding steroid dienone is 2. The Bertz CT molecular complexity index is 667. The first-order valence-corrected chi connectivity index (χ1v) is 10.6. The van der Waals surface area contributed by atoms with Crippen LogP contribution in [0.1, 0.15) is 24.8 Å². The second kappa shape index (κ2) is 9.46. The molecule has 1 aliphatic carbocycles. The Morgan fingerprint density at radius 3 is 2.74 bits per heavy atom. The third kappa shape index (κ3) is 9.14. The summed E-state index contributed by atoms with van der Waals surface area (Å²) in [5.74, 6) is 1.43. The number of nitrogens with two attached hydrogens (primary N) is 1. The van der Waals surface area contributed by atoms with Crippen molar-refractivity contribution in [1.29, 1.82) is 5.41 Å². The van der Waals surface area contributed by atoms with Crippen molar-refractivity contribution in [2.24, 2.45) is 11.7 Å². The molecule has 1 aromatic carbocycles. The third-order valence-electron chi connectivity index (χ3n) is 3.16. The van der Waals surface area contributed by atoms with E-state index in [-0.39, 0.29) is 5.17 Å². The first kappa shape index (κ1) is 20.2. The van der Waals surface area contributed by atoms with Crippen LogP contribution in [-0.4, -0.2) is 30.1 Å². The summed E-state index contributed by atoms with van der Waals surface area (Å²) in [6, 6.07) is 8.45. The van der Waals surface area contributed by atoms with Gasteiger partial charge in [0.05, 0.1) is 6.26 Å². The molecule has 1 atom stereocenters. The van der Waals surface area contributed by atoms with E-state index in [1.165, 1.54) is 35.7 Å². The summed E-state index contributed by atoms with van der Waals surface area (Å²) in [5.41, 5.74) is 8.14. The van der Waals surface area contributed by atoms with Gasteiger partial charge in [0.25, 0.3) is 10.1 Å². The monoisotopic (exact) mass is 420 g/mol. The van der Waals surface area contributed by atoms with Crippen LogP contribution in [0.15, 0.2) is 34.8 Å². The number of thioether (sulfide) groups is 1. The van der Waals surface area contributed by atoms with Crippen LogP contribution in [0.2, 0.25) is 0 Å². The molecule has 0 radical (unpaired) electrons. The fourth-order valence-electron chi connectivity index (χ4n) is 2.33. The summed E-state index contributed by atoms with van der Waals surface area (Å²) in [5, 5.41) is 7.55. The molecule has 1 aromatic rings. The normalized spacial score (nSPS) is 17.7. The highest BCUT2D eigenvalue weighted by Crippen LogP contribution is 2.35. The van der Waals surface area contributed by atoms with Crippen molar-refractivity contribution in [2.75, 3.05) is 12.0 Å². The van der Waals surface area contributed by atoms with Gasteiger partial charge < -0.3 is 5.73 Å². The van der Waals surface area contributed by atoms with Gasteiger partial charge in [-0.25, -0.2) is 0 Å². The number of benzene rings is 1. The molecule has 0 amide bonds. The number of amidine groups is 1. The number of hydrogen-bond acceptors (Lipinski definition) is 4. The first-order valence-electron chi connectivity index (χ1n) is 7.02. The van der Waals surface area contributed by atoms with Crippen molar-refractivity contribution in [2.45, 2.75) is 19.3 Å². The molecule has 0 aliphatic heterocycles. The van der Waals surface area contributed by atoms with E-state index >= 15 is 0 Å². The predicted molar refractivity (Wildman–Crippen MR) is 101 cm³/mol. The average molecular weight is 421 g/mol. The van der Waals surface area contributed by atoms with Gasteiger partial charge in [0.1, 0.15) is 0 Å². The maximum absolute atomic E-state index is 9.19. The van der Waals surface area contributed by atoms with Gasteiger partial charge in [-0.3, -0.25) is 9.96 Å². The third-order valence-corrected chi connectivity index (χ3v) is 4.53. The topological polar surface area (TPSA) is 104 Å². The molecule has 1 unspecified atom stereocenters. The van der Waals surface area contributed by atoms with Crippen molar-refractivity contribution in [3.8, 4) is 0 Å². The standard InChI is InChI=1S/C14H17BrN2S.CH4O3S/c15-12-6-3-5-10(8-12)13-7-2-1-4-11(13)9-18-14(16)17;1-5(2,3)4/h3,5-8,11H,1-2,4,9H2,(H3,16,17);1H3,(H,2,3,4). The molecule has 0 bridgehead atoms. The lowest BCUT2D eigenvalue weighted by Crippen LogP contribution is -2.14. The molecule has 0 fully saturated rings. The number of hydrogen-bond donors (Lipinski definition) is 3. The quantitative estimate of drug-likeness (QED) is 0.392. The minimum absolute atomic E-state index is 0.217. The summed E-state index contributed by atoms with van der Waals surface area (Å²) in [7, 11) is -3.67. The number of nitrogens with one attached hydrogen (secondary N) is 1. The van der Waals surface area contributed by atoms with Crippen LogP contribution in [0.5, 0.6) is 0 Å². The summed E-state index contributed by atoms with van der Waals surface area (Å²) in [4.78, 5) is 0. The molecule has 0 saturated heterocycles. The second-order valence-electron chi connectivity index (χ2n) is 5.21. The summed E-state index contributed by atoms with van der Waals surface area (Å²) in [6.07, 6.45) is 6.64. The zero-order valence-electron chi connectivity index (χ0n) is 12.8. The van der Waals surface area contributed by atoms with E-state index in [4.69, 9.17) is 15.7 Å². The molecular formula is C15H21BrN2O3S2. The smallest absolute Gasteiger partial charge is 0.261 e. The summed E-state index contributed by atoms with van der Waals surface area (Å²) in [6.45, 7) is 0. The maximum atomic E-state index is 9.19. The van der Waals surface area contributed by atoms with E-state index < -0.39 is 10.1 Å². The highest BCUT2D eigenvalue weighted by Gasteiger charge is 2.19. The first-order chi connectivity index (χ1) is 10.7. The molecule has 2 rings (SSSR count). The van der Waals surface area contributed by atoms with Crippen LogP contribution in [0, 0.1) is 11.3 Å². The SMILES string of the molecule is CS(=O)(=O)O.N=C(N)SCC1CCCC=C1c1cccc(Br)c1. The van der Waals surface area contributed by atoms with Crippen LogP contribution >= 0.6 is 27.7 Å². The largest absolute Gasteiger partial charge is 0.379 e. The Morgan fingerprint density at radius 1 is 1.52 bits per heavy atom. The summed E-state index contributed by atoms with van der Waals surface area (Å²) < 4.78 is 27.0. The fourth-order valence-corrected chi connectivity index (χ4v) is 3.46. The average Bonchev–Trinajstić information content (AvgIpc) is 2.43. The van der Waals surface area contributed by atoms with Gasteiger partial charge in [0.15, 0.2) is 5.17 Å². The van der Waals surface area contributed by atoms with E-state index in [0.717, 1.165) is 16.6 Å². The van der Waals surface area contributed by atoms with Gasteiger partial charge in [-0.1, -0.05) is 45.9 Å². The Hall–Kier alpha value is -0.830. The molecule has 128 valence electrons. The van der Waals surface area contributed by atoms with E-state index in [9.17, 15) is 8.42 Å². The highest BCUT2D eigenvalue weighted by molar-refractivity contribution is 9.10. The Labute approximate surface area is 150 Å². The second-order valence-corrected chi connectivity index (χ2v) is 8.65. The van der Waals surface area contributed by atoms with E-state index in [0.29, 0.717) is 12.2 Å². The van der Waals surface area contributed by atoms with Crippen LogP contribution in [-0.2, 0) is 10.1 Å². The van der Waals surface area contributed by atoms with Crippen LogP contribution in [0.25, 0.3) is 5.57 Å². The van der Waals surface area contributed by atoms with E-state index in [2.05, 4.69) is 40.2 Å². The van der Waals surface area contributed by atoms with Crippen molar-refractivity contribution >= 4 is 48.6 Å². The number of rotatable bonds is 3. The molecule has 0 saturated carbocycles. The van der Waals surface area contributed by atoms with Crippen molar-refractivity contribution in [1.82, 2.24) is 0 Å². The Balaban J connectivity index is 0.000000463. The molecule has 8 heteroatoms. The molecule has 0 heterocycles. The highest BCUT2D eigenvalue weighted by atomic mass is 79.9. The van der Waals surface area contributed by atoms with Gasteiger partial charge >= 0.3 is 0 Å². The van der Waals surface area contributed by atoms with E-state index in [1.54, 1.807) is 0 Å². The zero-order valence-corrected chi connectivity index (χ0v) is 16.0. The molecule has 23 heavy (non-hydrogen) atoms. The Morgan fingerprint density at radius 2 is 2.17 bits per heavy atom. The number of halogens is 1. The van der Waals surface area contributed by atoms with E-state index in [1.807, 2.05) is 6.07 Å². The van der Waals surface area contributed by atoms with Gasteiger partial charge in [-0.2, -0.15) is 8.42 Å². The van der Waals surface area contributed by atoms with Gasteiger partial charge in [-0.05, 0) is 48.4 Å². The van der Waals surface area contributed by atoms with Crippen LogP contribution in [0.3, 0.4) is 0 Å². The minimum atomic E-state index is -3.67. The molecular weight excluding hydrogens is 400 g/mol. The fraction of sp³-hybridized carbons (Fsp3) is 0.400. The van der Waals surface area contributed by atoms with Crippen molar-refractivity contribution in [3.63, 3.8) is 0 Å². The van der Waals surface area contributed by atoms with Gasteiger partial charge in [0, 0.05) is 10.2 Å². The molecule has 5 nitrogen and oxygen atoms in total. The van der Waals surface area contributed by atoms with Crippen molar-refractivity contribution in [3.05, 3.63) is 40.4 Å². The Kier molecular flexibility index (Phi) is 8.32.